The van der Waals surface area contributed by atoms with E-state index in [9.17, 15) is 13.2 Å². The summed E-state index contributed by atoms with van der Waals surface area (Å²) in [6.45, 7) is 0. The summed E-state index contributed by atoms with van der Waals surface area (Å²) >= 11 is 1.80. The van der Waals surface area contributed by atoms with Crippen LogP contribution < -0.4 is 10.6 Å². The van der Waals surface area contributed by atoms with Gasteiger partial charge in [-0.25, -0.2) is 13.2 Å². The first kappa shape index (κ1) is 14.7. The largest absolute Gasteiger partial charge is 0.334 e. The van der Waals surface area contributed by atoms with Crippen LogP contribution in [0.25, 0.3) is 0 Å². The van der Waals surface area contributed by atoms with Gasteiger partial charge in [0.1, 0.15) is 0 Å². The molecule has 2 N–H and O–H groups in total. The van der Waals surface area contributed by atoms with Gasteiger partial charge in [0.05, 0.1) is 17.5 Å². The molecule has 21 heavy (non-hydrogen) atoms. The summed E-state index contributed by atoms with van der Waals surface area (Å²) in [6, 6.07) is 7.53. The Bertz CT molecular complexity index is 645. The second-order valence-corrected chi connectivity index (χ2v) is 8.81. The van der Waals surface area contributed by atoms with Crippen LogP contribution in [0.4, 0.5) is 4.79 Å². The van der Waals surface area contributed by atoms with E-state index in [1.54, 1.807) is 11.8 Å². The molecule has 0 spiro atoms. The van der Waals surface area contributed by atoms with E-state index in [4.69, 9.17) is 0 Å². The second kappa shape index (κ2) is 5.88. The molecule has 0 radical (unpaired) electrons. The summed E-state index contributed by atoms with van der Waals surface area (Å²) in [5.74, 6) is 1.19. The predicted molar refractivity (Wildman–Crippen MR) is 83.3 cm³/mol. The molecule has 0 saturated carbocycles. The fourth-order valence-corrected chi connectivity index (χ4v) is 5.58. The highest BCUT2D eigenvalue weighted by Gasteiger charge is 2.30. The normalized spacial score (nSPS) is 26.9. The van der Waals surface area contributed by atoms with Crippen LogP contribution in [0.2, 0.25) is 0 Å². The van der Waals surface area contributed by atoms with Gasteiger partial charge in [-0.2, -0.15) is 0 Å². The molecule has 1 saturated heterocycles. The zero-order valence-electron chi connectivity index (χ0n) is 11.5. The lowest BCUT2D eigenvalue weighted by atomic mass is 10.0. The number of carbonyl (C=O) groups is 1. The molecule has 1 aromatic carbocycles. The molecule has 1 fully saturated rings. The Hall–Kier alpha value is -1.21. The zero-order valence-corrected chi connectivity index (χ0v) is 13.2. The molecule has 2 atom stereocenters. The minimum absolute atomic E-state index is 0.000426. The van der Waals surface area contributed by atoms with Gasteiger partial charge >= 0.3 is 6.03 Å². The van der Waals surface area contributed by atoms with Crippen molar-refractivity contribution in [3.05, 3.63) is 29.8 Å². The van der Waals surface area contributed by atoms with Gasteiger partial charge < -0.3 is 10.6 Å². The third-order valence-corrected chi connectivity index (χ3v) is 6.72. The van der Waals surface area contributed by atoms with Crippen molar-refractivity contribution in [1.29, 1.82) is 0 Å². The highest BCUT2D eigenvalue weighted by atomic mass is 32.2. The fraction of sp³-hybridized carbons (Fsp3) is 0.500. The van der Waals surface area contributed by atoms with Crippen molar-refractivity contribution in [3.63, 3.8) is 0 Å². The van der Waals surface area contributed by atoms with E-state index in [1.165, 1.54) is 4.90 Å². The van der Waals surface area contributed by atoms with Crippen LogP contribution >= 0.6 is 11.8 Å². The molecule has 114 valence electrons. The molecule has 7 heteroatoms. The summed E-state index contributed by atoms with van der Waals surface area (Å²) < 4.78 is 22.8. The number of hydrogen-bond acceptors (Lipinski definition) is 4. The SMILES string of the molecule is O=C(N[C@H]1CCS(=O)(=O)C1)N[C@@H]1CCSc2ccccc21. The average molecular weight is 326 g/mol. The van der Waals surface area contributed by atoms with Gasteiger partial charge in [-0.15, -0.1) is 11.8 Å². The molecule has 0 aromatic heterocycles. The molecule has 3 rings (SSSR count). The zero-order chi connectivity index (χ0) is 14.9. The highest BCUT2D eigenvalue weighted by Crippen LogP contribution is 2.35. The number of rotatable bonds is 2. The molecule has 2 amide bonds. The van der Waals surface area contributed by atoms with Crippen molar-refractivity contribution in [2.24, 2.45) is 0 Å². The Labute approximate surface area is 128 Å². The van der Waals surface area contributed by atoms with E-state index < -0.39 is 9.84 Å². The van der Waals surface area contributed by atoms with Gasteiger partial charge in [-0.1, -0.05) is 18.2 Å². The Kier molecular flexibility index (Phi) is 4.12. The number of nitrogens with one attached hydrogen (secondary N) is 2. The summed E-state index contributed by atoms with van der Waals surface area (Å²) in [5.41, 5.74) is 1.14. The van der Waals surface area contributed by atoms with Crippen molar-refractivity contribution >= 4 is 27.6 Å². The maximum Gasteiger partial charge on any atom is 0.315 e. The molecule has 0 bridgehead atoms. The molecule has 5 nitrogen and oxygen atoms in total. The number of thioether (sulfide) groups is 1. The number of urea groups is 1. The van der Waals surface area contributed by atoms with Crippen molar-refractivity contribution < 1.29 is 13.2 Å². The van der Waals surface area contributed by atoms with E-state index in [2.05, 4.69) is 16.7 Å². The number of amides is 2. The average Bonchev–Trinajstić information content (AvgIpc) is 2.78. The summed E-state index contributed by atoms with van der Waals surface area (Å²) in [4.78, 5) is 13.3. The van der Waals surface area contributed by atoms with E-state index in [0.29, 0.717) is 6.42 Å². The van der Waals surface area contributed by atoms with Crippen LogP contribution in [0, 0.1) is 0 Å². The maximum atomic E-state index is 12.1. The summed E-state index contributed by atoms with van der Waals surface area (Å²) in [7, 11) is -2.97. The lowest BCUT2D eigenvalue weighted by molar-refractivity contribution is 0.233. The first-order valence-electron chi connectivity index (χ1n) is 7.03. The molecule has 1 aromatic rings. The predicted octanol–water partition coefficient (Wildman–Crippen LogP) is 1.71. The van der Waals surface area contributed by atoms with Crippen LogP contribution in [-0.2, 0) is 9.84 Å². The van der Waals surface area contributed by atoms with Crippen molar-refractivity contribution in [2.75, 3.05) is 17.3 Å². The number of benzene rings is 1. The molecule has 2 aliphatic rings. The second-order valence-electron chi connectivity index (χ2n) is 5.45. The number of fused-ring (bicyclic) bond motifs is 1. The molecule has 0 aliphatic carbocycles. The Balaban J connectivity index is 1.61. The molecular formula is C14H18N2O3S2. The first-order chi connectivity index (χ1) is 10.0. The Morgan fingerprint density at radius 2 is 2.00 bits per heavy atom. The minimum Gasteiger partial charge on any atom is -0.334 e. The van der Waals surface area contributed by atoms with E-state index in [0.717, 1.165) is 17.7 Å². The van der Waals surface area contributed by atoms with Crippen molar-refractivity contribution in [3.8, 4) is 0 Å². The number of sulfone groups is 1. The summed E-state index contributed by atoms with van der Waals surface area (Å²) in [6.07, 6.45) is 1.39. The lowest BCUT2D eigenvalue weighted by Gasteiger charge is -2.26. The standard InChI is InChI=1S/C14H18N2O3S2/c17-14(15-10-6-8-21(18,19)9-10)16-12-5-7-20-13-4-2-1-3-11(12)13/h1-4,10,12H,5-9H2,(H2,15,16,17)/t10-,12+/m0/s1. The van der Waals surface area contributed by atoms with Gasteiger partial charge in [0, 0.05) is 16.7 Å². The van der Waals surface area contributed by atoms with Crippen LogP contribution in [0.3, 0.4) is 0 Å². The number of carbonyl (C=O) groups excluding carboxylic acids is 1. The Morgan fingerprint density at radius 3 is 2.76 bits per heavy atom. The third kappa shape index (κ3) is 3.52. The van der Waals surface area contributed by atoms with Crippen LogP contribution in [0.1, 0.15) is 24.4 Å². The maximum absolute atomic E-state index is 12.1. The van der Waals surface area contributed by atoms with Crippen molar-refractivity contribution in [1.82, 2.24) is 10.6 Å². The third-order valence-electron chi connectivity index (χ3n) is 3.83. The number of hydrogen-bond donors (Lipinski definition) is 2. The molecule has 2 heterocycles. The fourth-order valence-electron chi connectivity index (χ4n) is 2.79. The van der Waals surface area contributed by atoms with Crippen molar-refractivity contribution in [2.45, 2.75) is 29.8 Å². The Morgan fingerprint density at radius 1 is 1.19 bits per heavy atom. The lowest BCUT2D eigenvalue weighted by Crippen LogP contribution is -2.44. The molecule has 2 aliphatic heterocycles. The minimum atomic E-state index is -2.97. The van der Waals surface area contributed by atoms with E-state index in [1.807, 2.05) is 18.2 Å². The van der Waals surface area contributed by atoms with Gasteiger partial charge in [0.2, 0.25) is 0 Å². The van der Waals surface area contributed by atoms with Gasteiger partial charge in [0.15, 0.2) is 9.84 Å². The first-order valence-corrected chi connectivity index (χ1v) is 9.83. The smallest absolute Gasteiger partial charge is 0.315 e. The monoisotopic (exact) mass is 326 g/mol. The van der Waals surface area contributed by atoms with Crippen LogP contribution in [0.15, 0.2) is 29.2 Å². The molecule has 0 unspecified atom stereocenters. The highest BCUT2D eigenvalue weighted by molar-refractivity contribution is 7.99. The topological polar surface area (TPSA) is 75.3 Å². The van der Waals surface area contributed by atoms with Gasteiger partial charge in [0.25, 0.3) is 0 Å². The van der Waals surface area contributed by atoms with E-state index >= 15 is 0 Å². The summed E-state index contributed by atoms with van der Waals surface area (Å²) in [5, 5.41) is 5.75. The van der Waals surface area contributed by atoms with Gasteiger partial charge in [-0.05, 0) is 24.5 Å². The molecular weight excluding hydrogens is 308 g/mol. The van der Waals surface area contributed by atoms with Crippen LogP contribution in [-0.4, -0.2) is 37.7 Å². The van der Waals surface area contributed by atoms with Gasteiger partial charge in [-0.3, -0.25) is 0 Å². The van der Waals surface area contributed by atoms with E-state index in [-0.39, 0.29) is 29.6 Å². The quantitative estimate of drug-likeness (QED) is 0.867. The van der Waals surface area contributed by atoms with Crippen LogP contribution in [0.5, 0.6) is 0 Å².